The molecule has 0 radical (unpaired) electrons. The Morgan fingerprint density at radius 1 is 1.33 bits per heavy atom. The summed E-state index contributed by atoms with van der Waals surface area (Å²) in [5.41, 5.74) is 0.347. The van der Waals surface area contributed by atoms with Crippen molar-refractivity contribution in [3.63, 3.8) is 0 Å². The van der Waals surface area contributed by atoms with Crippen molar-refractivity contribution in [3.05, 3.63) is 30.1 Å². The minimum atomic E-state index is -4.52. The van der Waals surface area contributed by atoms with E-state index in [9.17, 15) is 27.2 Å². The van der Waals surface area contributed by atoms with E-state index in [1.807, 2.05) is 0 Å². The van der Waals surface area contributed by atoms with Crippen LogP contribution in [0.15, 0.2) is 24.3 Å². The number of carbonyl (C=O) groups is 2. The molecule has 9 heteroatoms. The number of nitrogens with one attached hydrogen (secondary N) is 2. The summed E-state index contributed by atoms with van der Waals surface area (Å²) >= 11 is 0. The van der Waals surface area contributed by atoms with Crippen LogP contribution in [0.25, 0.3) is 0 Å². The average Bonchev–Trinajstić information content (AvgIpc) is 2.78. The summed E-state index contributed by atoms with van der Waals surface area (Å²) in [5.74, 6) is -1.41. The zero-order valence-corrected chi connectivity index (χ0v) is 10.6. The highest BCUT2D eigenvalue weighted by atomic mass is 19.4. The van der Waals surface area contributed by atoms with E-state index in [0.717, 1.165) is 17.0 Å². The van der Waals surface area contributed by atoms with Gasteiger partial charge in [0.05, 0.1) is 6.54 Å². The minimum absolute atomic E-state index is 0.131. The first-order valence-corrected chi connectivity index (χ1v) is 5.94. The summed E-state index contributed by atoms with van der Waals surface area (Å²) in [6.07, 6.45) is -4.52. The second kappa shape index (κ2) is 5.58. The first kappa shape index (κ1) is 15.1. The largest absolute Gasteiger partial charge is 0.405 e. The van der Waals surface area contributed by atoms with Crippen LogP contribution in [0.5, 0.6) is 0 Å². The zero-order valence-electron chi connectivity index (χ0n) is 10.6. The van der Waals surface area contributed by atoms with Crippen LogP contribution in [0.1, 0.15) is 0 Å². The highest BCUT2D eigenvalue weighted by molar-refractivity contribution is 6.00. The Morgan fingerprint density at radius 2 is 1.95 bits per heavy atom. The van der Waals surface area contributed by atoms with Gasteiger partial charge in [0.15, 0.2) is 0 Å². The third-order valence-corrected chi connectivity index (χ3v) is 2.83. The normalized spacial score (nSPS) is 18.6. The predicted molar refractivity (Wildman–Crippen MR) is 65.1 cm³/mol. The van der Waals surface area contributed by atoms with Gasteiger partial charge in [-0.25, -0.2) is 9.18 Å². The molecular formula is C12H11F4N3O2. The lowest BCUT2D eigenvalue weighted by Gasteiger charge is -2.15. The zero-order chi connectivity index (χ0) is 15.6. The fourth-order valence-electron chi connectivity index (χ4n) is 1.84. The van der Waals surface area contributed by atoms with Gasteiger partial charge in [0.1, 0.15) is 18.4 Å². The van der Waals surface area contributed by atoms with E-state index in [4.69, 9.17) is 0 Å². The second-order valence-electron chi connectivity index (χ2n) is 4.42. The van der Waals surface area contributed by atoms with Crippen LogP contribution in [-0.4, -0.2) is 37.2 Å². The average molecular weight is 305 g/mol. The molecule has 1 saturated heterocycles. The van der Waals surface area contributed by atoms with Crippen molar-refractivity contribution >= 4 is 17.6 Å². The molecule has 0 spiro atoms. The molecule has 1 aliphatic rings. The molecule has 5 nitrogen and oxygen atoms in total. The van der Waals surface area contributed by atoms with Crippen LogP contribution >= 0.6 is 0 Å². The summed E-state index contributed by atoms with van der Waals surface area (Å²) in [5, 5.41) is 3.97. The number of anilines is 1. The lowest BCUT2D eigenvalue weighted by atomic mass is 10.2. The molecule has 1 atom stereocenters. The van der Waals surface area contributed by atoms with Gasteiger partial charge >= 0.3 is 12.2 Å². The van der Waals surface area contributed by atoms with Crippen LogP contribution in [0.4, 0.5) is 28.0 Å². The van der Waals surface area contributed by atoms with Gasteiger partial charge in [-0.1, -0.05) is 0 Å². The molecule has 1 unspecified atom stereocenters. The highest BCUT2D eigenvalue weighted by Crippen LogP contribution is 2.19. The Balaban J connectivity index is 1.99. The quantitative estimate of drug-likeness (QED) is 0.829. The topological polar surface area (TPSA) is 61.4 Å². The monoisotopic (exact) mass is 305 g/mol. The molecule has 1 aliphatic heterocycles. The highest BCUT2D eigenvalue weighted by Gasteiger charge is 2.36. The van der Waals surface area contributed by atoms with Crippen LogP contribution in [-0.2, 0) is 4.79 Å². The Hall–Kier alpha value is -2.32. The number of alkyl halides is 3. The standard InChI is InChI=1S/C12H11F4N3O2/c13-7-1-3-8(4-2-7)19-5-9(18-11(19)21)10(20)17-6-12(14,15)16/h1-4,9H,5-6H2,(H,17,20)(H,18,21). The summed E-state index contributed by atoms with van der Waals surface area (Å²) in [6, 6.07) is 3.23. The molecule has 114 valence electrons. The summed E-state index contributed by atoms with van der Waals surface area (Å²) < 4.78 is 48.8. The van der Waals surface area contributed by atoms with E-state index in [2.05, 4.69) is 5.32 Å². The Morgan fingerprint density at radius 3 is 2.52 bits per heavy atom. The van der Waals surface area contributed by atoms with Gasteiger partial charge in [0.25, 0.3) is 0 Å². The molecule has 2 rings (SSSR count). The molecule has 0 aliphatic carbocycles. The van der Waals surface area contributed by atoms with Gasteiger partial charge in [-0.05, 0) is 24.3 Å². The molecule has 1 aromatic carbocycles. The van der Waals surface area contributed by atoms with Crippen LogP contribution in [0, 0.1) is 5.82 Å². The van der Waals surface area contributed by atoms with Crippen LogP contribution in [0.2, 0.25) is 0 Å². The lowest BCUT2D eigenvalue weighted by molar-refractivity contribution is -0.139. The third-order valence-electron chi connectivity index (χ3n) is 2.83. The fraction of sp³-hybridized carbons (Fsp3) is 0.333. The minimum Gasteiger partial charge on any atom is -0.345 e. The van der Waals surface area contributed by atoms with Gasteiger partial charge in [-0.2, -0.15) is 13.2 Å². The van der Waals surface area contributed by atoms with Crippen molar-refractivity contribution in [2.75, 3.05) is 18.0 Å². The molecule has 0 saturated carbocycles. The summed E-state index contributed by atoms with van der Waals surface area (Å²) in [4.78, 5) is 24.4. The Bertz CT molecular complexity index is 544. The number of hydrogen-bond acceptors (Lipinski definition) is 2. The van der Waals surface area contributed by atoms with Gasteiger partial charge in [0, 0.05) is 5.69 Å². The van der Waals surface area contributed by atoms with E-state index in [1.165, 1.54) is 12.1 Å². The molecule has 21 heavy (non-hydrogen) atoms. The van der Waals surface area contributed by atoms with Gasteiger partial charge < -0.3 is 10.6 Å². The molecule has 0 bridgehead atoms. The van der Waals surface area contributed by atoms with E-state index in [1.54, 1.807) is 5.32 Å². The molecule has 1 aromatic rings. The lowest BCUT2D eigenvalue weighted by Crippen LogP contribution is -2.45. The Kier molecular flexibility index (Phi) is 4.01. The molecule has 1 heterocycles. The van der Waals surface area contributed by atoms with Crippen molar-refractivity contribution in [1.29, 1.82) is 0 Å². The molecule has 3 amide bonds. The number of benzene rings is 1. The summed E-state index contributed by atoms with van der Waals surface area (Å²) in [7, 11) is 0. The number of rotatable bonds is 3. The molecule has 2 N–H and O–H groups in total. The maximum absolute atomic E-state index is 12.8. The van der Waals surface area contributed by atoms with Crippen molar-refractivity contribution in [3.8, 4) is 0 Å². The third kappa shape index (κ3) is 3.83. The maximum Gasteiger partial charge on any atom is 0.405 e. The molecular weight excluding hydrogens is 294 g/mol. The SMILES string of the molecule is O=C(NCC(F)(F)F)C1CN(c2ccc(F)cc2)C(=O)N1. The number of amides is 3. The number of nitrogens with zero attached hydrogens (tertiary/aromatic N) is 1. The van der Waals surface area contributed by atoms with Crippen molar-refractivity contribution < 1.29 is 27.2 Å². The number of carbonyl (C=O) groups excluding carboxylic acids is 2. The smallest absolute Gasteiger partial charge is 0.345 e. The van der Waals surface area contributed by atoms with Crippen LogP contribution < -0.4 is 15.5 Å². The van der Waals surface area contributed by atoms with Crippen molar-refractivity contribution in [2.45, 2.75) is 12.2 Å². The molecule has 1 fully saturated rings. The van der Waals surface area contributed by atoms with E-state index in [0.29, 0.717) is 5.69 Å². The maximum atomic E-state index is 12.8. The molecule has 0 aromatic heterocycles. The van der Waals surface area contributed by atoms with E-state index < -0.39 is 36.5 Å². The Labute approximate surface area is 116 Å². The van der Waals surface area contributed by atoms with Crippen LogP contribution in [0.3, 0.4) is 0 Å². The summed E-state index contributed by atoms with van der Waals surface area (Å²) in [6.45, 7) is -1.59. The van der Waals surface area contributed by atoms with E-state index in [-0.39, 0.29) is 6.54 Å². The van der Waals surface area contributed by atoms with Crippen molar-refractivity contribution in [2.24, 2.45) is 0 Å². The fourth-order valence-corrected chi connectivity index (χ4v) is 1.84. The number of urea groups is 1. The first-order valence-electron chi connectivity index (χ1n) is 5.94. The predicted octanol–water partition coefficient (Wildman–Crippen LogP) is 1.40. The van der Waals surface area contributed by atoms with Gasteiger partial charge in [-0.3, -0.25) is 9.69 Å². The second-order valence-corrected chi connectivity index (χ2v) is 4.42. The van der Waals surface area contributed by atoms with Gasteiger partial charge in [-0.15, -0.1) is 0 Å². The van der Waals surface area contributed by atoms with Gasteiger partial charge in [0.2, 0.25) is 5.91 Å². The number of hydrogen-bond donors (Lipinski definition) is 2. The first-order chi connectivity index (χ1) is 9.76. The van der Waals surface area contributed by atoms with E-state index >= 15 is 0 Å². The number of halogens is 4. The van der Waals surface area contributed by atoms with Crippen molar-refractivity contribution in [1.82, 2.24) is 10.6 Å².